The predicted molar refractivity (Wildman–Crippen MR) is 80.0 cm³/mol. The van der Waals surface area contributed by atoms with Crippen molar-refractivity contribution < 1.29 is 9.59 Å². The van der Waals surface area contributed by atoms with E-state index in [2.05, 4.69) is 19.9 Å². The van der Waals surface area contributed by atoms with E-state index in [1.54, 1.807) is 26.2 Å². The van der Waals surface area contributed by atoms with Crippen LogP contribution in [0, 0.1) is 27.7 Å². The van der Waals surface area contributed by atoms with Crippen LogP contribution in [0.4, 0.5) is 0 Å². The topological polar surface area (TPSA) is 138 Å². The number of nitrogens with two attached hydrogens (primary N) is 2. The molecule has 0 saturated carbocycles. The summed E-state index contributed by atoms with van der Waals surface area (Å²) in [5.74, 6) is -1.34. The average molecular weight is 302 g/mol. The van der Waals surface area contributed by atoms with E-state index in [0.29, 0.717) is 11.4 Å². The van der Waals surface area contributed by atoms with Gasteiger partial charge in [0.05, 0.1) is 22.8 Å². The molecule has 0 saturated heterocycles. The Morgan fingerprint density at radius 1 is 0.773 bits per heavy atom. The molecule has 0 spiro atoms. The van der Waals surface area contributed by atoms with E-state index in [0.717, 1.165) is 11.4 Å². The SMILES string of the molecule is Cc1cnc(C)cn1.Cc1nc(C(N)=O)c(C)nc1C(N)=O. The molecule has 2 heterocycles. The van der Waals surface area contributed by atoms with Gasteiger partial charge in [-0.25, -0.2) is 9.97 Å². The highest BCUT2D eigenvalue weighted by molar-refractivity contribution is 5.94. The fraction of sp³-hybridized carbons (Fsp3) is 0.286. The predicted octanol–water partition coefficient (Wildman–Crippen LogP) is 0.385. The number of aryl methyl sites for hydroxylation is 4. The van der Waals surface area contributed by atoms with Crippen molar-refractivity contribution in [1.82, 2.24) is 19.9 Å². The second-order valence-electron chi connectivity index (χ2n) is 4.62. The Morgan fingerprint density at radius 2 is 1.09 bits per heavy atom. The van der Waals surface area contributed by atoms with E-state index in [1.807, 2.05) is 13.8 Å². The summed E-state index contributed by atoms with van der Waals surface area (Å²) in [6, 6.07) is 0. The van der Waals surface area contributed by atoms with E-state index in [1.165, 1.54) is 0 Å². The molecule has 116 valence electrons. The van der Waals surface area contributed by atoms with Gasteiger partial charge >= 0.3 is 0 Å². The Hall–Kier alpha value is -2.90. The van der Waals surface area contributed by atoms with Crippen LogP contribution in [0.15, 0.2) is 12.4 Å². The van der Waals surface area contributed by atoms with Gasteiger partial charge in [0, 0.05) is 12.4 Å². The number of carbonyl (C=O) groups excluding carboxylic acids is 2. The molecule has 0 atom stereocenters. The van der Waals surface area contributed by atoms with Crippen molar-refractivity contribution in [2.24, 2.45) is 11.5 Å². The van der Waals surface area contributed by atoms with Crippen molar-refractivity contribution in [1.29, 1.82) is 0 Å². The van der Waals surface area contributed by atoms with E-state index in [-0.39, 0.29) is 11.4 Å². The molecule has 2 aromatic rings. The molecule has 8 heteroatoms. The molecule has 2 aromatic heterocycles. The van der Waals surface area contributed by atoms with E-state index in [4.69, 9.17) is 11.5 Å². The van der Waals surface area contributed by atoms with Crippen LogP contribution in [0.3, 0.4) is 0 Å². The highest BCUT2D eigenvalue weighted by atomic mass is 16.1. The van der Waals surface area contributed by atoms with Crippen LogP contribution in [-0.4, -0.2) is 31.8 Å². The van der Waals surface area contributed by atoms with Crippen LogP contribution in [0.5, 0.6) is 0 Å². The number of primary amides is 2. The quantitative estimate of drug-likeness (QED) is 0.822. The van der Waals surface area contributed by atoms with Gasteiger partial charge in [0.25, 0.3) is 11.8 Å². The summed E-state index contributed by atoms with van der Waals surface area (Å²) in [7, 11) is 0. The van der Waals surface area contributed by atoms with Gasteiger partial charge in [-0.15, -0.1) is 0 Å². The first-order chi connectivity index (χ1) is 10.2. The zero-order chi connectivity index (χ0) is 16.9. The smallest absolute Gasteiger partial charge is 0.269 e. The van der Waals surface area contributed by atoms with Crippen molar-refractivity contribution in [2.45, 2.75) is 27.7 Å². The van der Waals surface area contributed by atoms with Crippen molar-refractivity contribution in [2.75, 3.05) is 0 Å². The maximum absolute atomic E-state index is 10.9. The first-order valence-corrected chi connectivity index (χ1v) is 6.42. The molecule has 0 unspecified atom stereocenters. The summed E-state index contributed by atoms with van der Waals surface area (Å²) >= 11 is 0. The van der Waals surface area contributed by atoms with Crippen molar-refractivity contribution in [3.8, 4) is 0 Å². The lowest BCUT2D eigenvalue weighted by Crippen LogP contribution is -2.21. The molecule has 0 aliphatic heterocycles. The van der Waals surface area contributed by atoms with Gasteiger partial charge in [0.15, 0.2) is 0 Å². The van der Waals surface area contributed by atoms with Crippen LogP contribution in [0.25, 0.3) is 0 Å². The third-order valence-electron chi connectivity index (χ3n) is 2.62. The Bertz CT molecular complexity index is 636. The largest absolute Gasteiger partial charge is 0.364 e. The number of hydrogen-bond donors (Lipinski definition) is 2. The zero-order valence-electron chi connectivity index (χ0n) is 12.9. The van der Waals surface area contributed by atoms with Gasteiger partial charge in [-0.3, -0.25) is 19.6 Å². The lowest BCUT2D eigenvalue weighted by molar-refractivity contribution is 0.0978. The average Bonchev–Trinajstić information content (AvgIpc) is 2.44. The number of aromatic nitrogens is 4. The third-order valence-corrected chi connectivity index (χ3v) is 2.62. The van der Waals surface area contributed by atoms with Crippen LogP contribution in [0.2, 0.25) is 0 Å². The normalized spacial score (nSPS) is 9.64. The number of carbonyl (C=O) groups is 2. The number of rotatable bonds is 2. The highest BCUT2D eigenvalue weighted by Crippen LogP contribution is 2.06. The van der Waals surface area contributed by atoms with E-state index in [9.17, 15) is 9.59 Å². The number of amides is 2. The minimum absolute atomic E-state index is 0.0625. The van der Waals surface area contributed by atoms with Gasteiger partial charge in [0.1, 0.15) is 11.4 Å². The molecule has 0 aromatic carbocycles. The fourth-order valence-corrected chi connectivity index (χ4v) is 1.53. The molecule has 8 nitrogen and oxygen atoms in total. The summed E-state index contributed by atoms with van der Waals surface area (Å²) in [6.45, 7) is 6.93. The van der Waals surface area contributed by atoms with Crippen LogP contribution in [0.1, 0.15) is 43.8 Å². The van der Waals surface area contributed by atoms with Crippen LogP contribution in [-0.2, 0) is 0 Å². The monoisotopic (exact) mass is 302 g/mol. The Morgan fingerprint density at radius 3 is 1.32 bits per heavy atom. The van der Waals surface area contributed by atoms with Gasteiger partial charge in [-0.1, -0.05) is 0 Å². The fourth-order valence-electron chi connectivity index (χ4n) is 1.53. The molecule has 0 fully saturated rings. The van der Waals surface area contributed by atoms with Gasteiger partial charge in [0.2, 0.25) is 0 Å². The molecule has 0 aliphatic carbocycles. The molecule has 0 bridgehead atoms. The molecule has 2 amide bonds. The van der Waals surface area contributed by atoms with Crippen molar-refractivity contribution in [3.05, 3.63) is 46.6 Å². The Labute approximate surface area is 128 Å². The van der Waals surface area contributed by atoms with E-state index < -0.39 is 11.8 Å². The molecular formula is C14H18N6O2. The summed E-state index contributed by atoms with van der Waals surface area (Å²) in [4.78, 5) is 37.5. The maximum atomic E-state index is 10.9. The van der Waals surface area contributed by atoms with Gasteiger partial charge in [-0.2, -0.15) is 0 Å². The molecule has 22 heavy (non-hydrogen) atoms. The number of nitrogens with zero attached hydrogens (tertiary/aromatic N) is 4. The first-order valence-electron chi connectivity index (χ1n) is 6.42. The maximum Gasteiger partial charge on any atom is 0.269 e. The second kappa shape index (κ2) is 7.21. The summed E-state index contributed by atoms with van der Waals surface area (Å²) in [6.07, 6.45) is 3.52. The standard InChI is InChI=1S/C8H10N4O2.C6H8N2/c1-3-5(7(9)13)12-4(2)6(11-3)8(10)14;1-5-3-8-6(2)4-7-5/h1-2H3,(H2,9,13)(H2,10,14);3-4H,1-2H3. The third kappa shape index (κ3) is 4.58. The lowest BCUT2D eigenvalue weighted by atomic mass is 10.2. The van der Waals surface area contributed by atoms with Crippen molar-refractivity contribution >= 4 is 11.8 Å². The minimum atomic E-state index is -0.672. The summed E-state index contributed by atoms with van der Waals surface area (Å²) < 4.78 is 0. The molecule has 2 rings (SSSR count). The molecule has 4 N–H and O–H groups in total. The zero-order valence-corrected chi connectivity index (χ0v) is 12.9. The molecular weight excluding hydrogens is 284 g/mol. The minimum Gasteiger partial charge on any atom is -0.364 e. The van der Waals surface area contributed by atoms with Crippen LogP contribution < -0.4 is 11.5 Å². The molecule has 0 radical (unpaired) electrons. The summed E-state index contributed by atoms with van der Waals surface area (Å²) in [5.41, 5.74) is 12.8. The van der Waals surface area contributed by atoms with Gasteiger partial charge in [-0.05, 0) is 27.7 Å². The van der Waals surface area contributed by atoms with Gasteiger partial charge < -0.3 is 11.5 Å². The Kier molecular flexibility index (Phi) is 5.62. The van der Waals surface area contributed by atoms with Crippen LogP contribution >= 0.6 is 0 Å². The Balaban J connectivity index is 0.000000255. The second-order valence-corrected chi connectivity index (χ2v) is 4.62. The lowest BCUT2D eigenvalue weighted by Gasteiger charge is -2.04. The first kappa shape index (κ1) is 17.2. The number of hydrogen-bond acceptors (Lipinski definition) is 6. The van der Waals surface area contributed by atoms with Crippen molar-refractivity contribution in [3.63, 3.8) is 0 Å². The summed E-state index contributed by atoms with van der Waals surface area (Å²) in [5, 5.41) is 0. The molecule has 0 aliphatic rings. The van der Waals surface area contributed by atoms with E-state index >= 15 is 0 Å². The highest BCUT2D eigenvalue weighted by Gasteiger charge is 2.14.